The fraction of sp³-hybridized carbons (Fsp3) is 0.268. The lowest BCUT2D eigenvalue weighted by Gasteiger charge is -2.26. The van der Waals surface area contributed by atoms with Crippen molar-refractivity contribution in [1.82, 2.24) is 0 Å². The molecule has 0 aromatic heterocycles. The van der Waals surface area contributed by atoms with Crippen molar-refractivity contribution in [3.63, 3.8) is 0 Å². The molecule has 0 radical (unpaired) electrons. The summed E-state index contributed by atoms with van der Waals surface area (Å²) >= 11 is 0. The molecule has 1 unspecified atom stereocenters. The third-order valence-corrected chi connectivity index (χ3v) is 8.00. The molecule has 0 aliphatic carbocycles. The summed E-state index contributed by atoms with van der Waals surface area (Å²) in [5.41, 5.74) is 6.61. The predicted octanol–water partition coefficient (Wildman–Crippen LogP) is 9.98. The fourth-order valence-corrected chi connectivity index (χ4v) is 5.32. The highest BCUT2D eigenvalue weighted by atomic mass is 16.5. The van der Waals surface area contributed by atoms with E-state index in [2.05, 4.69) is 87.5 Å². The molecule has 1 atom stereocenters. The van der Waals surface area contributed by atoms with Crippen LogP contribution in [0.25, 0.3) is 0 Å². The minimum absolute atomic E-state index is 0.134. The highest BCUT2D eigenvalue weighted by Crippen LogP contribution is 2.35. The molecular weight excluding hydrogens is 556 g/mol. The fourth-order valence-electron chi connectivity index (χ4n) is 5.32. The number of hydrogen-bond donors (Lipinski definition) is 0. The standard InChI is InChI=1S/C17H20O.C16H16O2.C8H10O/c1-17(2,15-7-5-4-6-8-15)13-14-9-11-16(18-3)12-10-14;1-17-14-7-4-6-13(11-14)16-10-9-12-5-2-3-8-15(12)18-16;1-7-3-5-8(9-2)6-4-7/h4-12H,13H2,1-3H3;2-8,11,16H,9-10H2,1H3;3-6H,1-2H3. The second kappa shape index (κ2) is 16.4. The minimum atomic E-state index is 0.134. The van der Waals surface area contributed by atoms with Crippen LogP contribution in [0.5, 0.6) is 23.0 Å². The van der Waals surface area contributed by atoms with Gasteiger partial charge in [0.1, 0.15) is 29.1 Å². The third-order valence-electron chi connectivity index (χ3n) is 8.00. The molecular formula is C41H46O4. The predicted molar refractivity (Wildman–Crippen MR) is 185 cm³/mol. The van der Waals surface area contributed by atoms with Crippen molar-refractivity contribution in [2.24, 2.45) is 0 Å². The van der Waals surface area contributed by atoms with Crippen LogP contribution in [0.2, 0.25) is 0 Å². The van der Waals surface area contributed by atoms with Gasteiger partial charge in [-0.2, -0.15) is 0 Å². The number of methoxy groups -OCH3 is 3. The van der Waals surface area contributed by atoms with E-state index in [1.54, 1.807) is 21.3 Å². The normalized spacial score (nSPS) is 13.4. The minimum Gasteiger partial charge on any atom is -0.497 e. The SMILES string of the molecule is COc1ccc(C)cc1.COc1ccc(CC(C)(C)c2ccccc2)cc1.COc1cccc(C2CCc3ccccc3O2)c1. The zero-order chi connectivity index (χ0) is 32.1. The summed E-state index contributed by atoms with van der Waals surface area (Å²) in [4.78, 5) is 0. The Bertz CT molecular complexity index is 1570. The van der Waals surface area contributed by atoms with Gasteiger partial charge < -0.3 is 18.9 Å². The average Bonchev–Trinajstić information content (AvgIpc) is 3.09. The second-order valence-electron chi connectivity index (χ2n) is 11.8. The molecule has 0 amide bonds. The highest BCUT2D eigenvalue weighted by molar-refractivity contribution is 5.38. The molecule has 0 saturated heterocycles. The van der Waals surface area contributed by atoms with Gasteiger partial charge in [0.25, 0.3) is 0 Å². The van der Waals surface area contributed by atoms with Crippen LogP contribution in [-0.2, 0) is 18.3 Å². The largest absolute Gasteiger partial charge is 0.497 e. The molecule has 5 aromatic rings. The number of fused-ring (bicyclic) bond motifs is 1. The molecule has 0 fully saturated rings. The maximum Gasteiger partial charge on any atom is 0.124 e. The lowest BCUT2D eigenvalue weighted by Crippen LogP contribution is -2.20. The van der Waals surface area contributed by atoms with Crippen LogP contribution < -0.4 is 18.9 Å². The van der Waals surface area contributed by atoms with Crippen molar-refractivity contribution < 1.29 is 18.9 Å². The van der Waals surface area contributed by atoms with Gasteiger partial charge in [-0.25, -0.2) is 0 Å². The van der Waals surface area contributed by atoms with Crippen molar-refractivity contribution in [3.05, 3.63) is 155 Å². The zero-order valence-electron chi connectivity index (χ0n) is 27.5. The van der Waals surface area contributed by atoms with Crippen LogP contribution in [0.1, 0.15) is 54.2 Å². The van der Waals surface area contributed by atoms with Gasteiger partial charge in [0.05, 0.1) is 21.3 Å². The van der Waals surface area contributed by atoms with Gasteiger partial charge in [-0.15, -0.1) is 0 Å². The van der Waals surface area contributed by atoms with E-state index >= 15 is 0 Å². The third kappa shape index (κ3) is 9.90. The van der Waals surface area contributed by atoms with Crippen LogP contribution >= 0.6 is 0 Å². The van der Waals surface area contributed by atoms with Gasteiger partial charge in [0.2, 0.25) is 0 Å². The van der Waals surface area contributed by atoms with E-state index in [1.807, 2.05) is 60.7 Å². The Morgan fingerprint density at radius 1 is 0.644 bits per heavy atom. The Labute approximate surface area is 269 Å². The summed E-state index contributed by atoms with van der Waals surface area (Å²) in [6, 6.07) is 43.3. The summed E-state index contributed by atoms with van der Waals surface area (Å²) in [7, 11) is 5.06. The molecule has 1 heterocycles. The molecule has 1 aliphatic heterocycles. The van der Waals surface area contributed by atoms with Gasteiger partial charge >= 0.3 is 0 Å². The molecule has 0 saturated carbocycles. The number of ether oxygens (including phenoxy) is 4. The zero-order valence-corrected chi connectivity index (χ0v) is 27.5. The van der Waals surface area contributed by atoms with E-state index < -0.39 is 0 Å². The van der Waals surface area contributed by atoms with Crippen LogP contribution in [0, 0.1) is 6.92 Å². The first-order valence-electron chi connectivity index (χ1n) is 15.5. The van der Waals surface area contributed by atoms with Crippen LogP contribution in [-0.4, -0.2) is 21.3 Å². The van der Waals surface area contributed by atoms with Crippen molar-refractivity contribution in [1.29, 1.82) is 0 Å². The highest BCUT2D eigenvalue weighted by Gasteiger charge is 2.22. The Hall–Kier alpha value is -4.70. The van der Waals surface area contributed by atoms with E-state index in [-0.39, 0.29) is 11.5 Å². The summed E-state index contributed by atoms with van der Waals surface area (Å²) in [6.07, 6.45) is 3.25. The Morgan fingerprint density at radius 2 is 1.24 bits per heavy atom. The lowest BCUT2D eigenvalue weighted by molar-refractivity contribution is 0.176. The van der Waals surface area contributed by atoms with Gasteiger partial charge in [0.15, 0.2) is 0 Å². The average molecular weight is 603 g/mol. The topological polar surface area (TPSA) is 36.9 Å². The number of rotatable bonds is 7. The van der Waals surface area contributed by atoms with Crippen molar-refractivity contribution >= 4 is 0 Å². The summed E-state index contributed by atoms with van der Waals surface area (Å²) < 4.78 is 21.5. The molecule has 1 aliphatic rings. The molecule has 0 spiro atoms. The first kappa shape index (κ1) is 33.2. The molecule has 0 N–H and O–H groups in total. The van der Waals surface area contributed by atoms with Gasteiger partial charge in [-0.05, 0) is 96.3 Å². The van der Waals surface area contributed by atoms with E-state index in [4.69, 9.17) is 18.9 Å². The summed E-state index contributed by atoms with van der Waals surface area (Å²) in [5.74, 6) is 3.73. The van der Waals surface area contributed by atoms with Crippen LogP contribution in [0.3, 0.4) is 0 Å². The molecule has 6 rings (SSSR count). The molecule has 45 heavy (non-hydrogen) atoms. The number of benzene rings is 5. The molecule has 4 nitrogen and oxygen atoms in total. The Morgan fingerprint density at radius 3 is 1.89 bits per heavy atom. The smallest absolute Gasteiger partial charge is 0.124 e. The van der Waals surface area contributed by atoms with Crippen LogP contribution in [0.15, 0.2) is 127 Å². The first-order valence-corrected chi connectivity index (χ1v) is 15.5. The van der Waals surface area contributed by atoms with Gasteiger partial charge in [0, 0.05) is 0 Å². The first-order chi connectivity index (χ1) is 21.8. The van der Waals surface area contributed by atoms with Gasteiger partial charge in [-0.1, -0.05) is 104 Å². The van der Waals surface area contributed by atoms with Crippen molar-refractivity contribution in [2.45, 2.75) is 51.6 Å². The summed E-state index contributed by atoms with van der Waals surface area (Å²) in [6.45, 7) is 6.62. The molecule has 234 valence electrons. The number of para-hydroxylation sites is 1. The van der Waals surface area contributed by atoms with Crippen molar-refractivity contribution in [3.8, 4) is 23.0 Å². The van der Waals surface area contributed by atoms with Gasteiger partial charge in [-0.3, -0.25) is 0 Å². The monoisotopic (exact) mass is 602 g/mol. The number of aryl methyl sites for hydroxylation is 2. The molecule has 4 heteroatoms. The number of hydrogen-bond acceptors (Lipinski definition) is 4. The van der Waals surface area contributed by atoms with E-state index in [1.165, 1.54) is 27.8 Å². The van der Waals surface area contributed by atoms with E-state index in [9.17, 15) is 0 Å². The molecule has 0 bridgehead atoms. The Balaban J connectivity index is 0.000000163. The van der Waals surface area contributed by atoms with Crippen molar-refractivity contribution in [2.75, 3.05) is 21.3 Å². The molecule has 5 aromatic carbocycles. The quantitative estimate of drug-likeness (QED) is 0.186. The lowest BCUT2D eigenvalue weighted by atomic mass is 9.79. The maximum atomic E-state index is 6.06. The second-order valence-corrected chi connectivity index (χ2v) is 11.8. The van der Waals surface area contributed by atoms with E-state index in [0.29, 0.717) is 0 Å². The summed E-state index contributed by atoms with van der Waals surface area (Å²) in [5, 5.41) is 0. The maximum absolute atomic E-state index is 6.06. The van der Waals surface area contributed by atoms with E-state index in [0.717, 1.165) is 42.3 Å². The van der Waals surface area contributed by atoms with Crippen LogP contribution in [0.4, 0.5) is 0 Å². The Kier molecular flexibility index (Phi) is 12.1.